The van der Waals surface area contributed by atoms with Crippen molar-refractivity contribution in [2.45, 2.75) is 43.2 Å². The number of ether oxygens (including phenoxy) is 1. The van der Waals surface area contributed by atoms with Crippen molar-refractivity contribution in [1.82, 2.24) is 4.90 Å². The molecule has 2 aromatic rings. The highest BCUT2D eigenvalue weighted by Gasteiger charge is 2.58. The summed E-state index contributed by atoms with van der Waals surface area (Å²) in [7, 11) is 1.69. The number of nitrogens with zero attached hydrogens (tertiary/aromatic N) is 2. The molecule has 5 rings (SSSR count). The highest BCUT2D eigenvalue weighted by Crippen LogP contribution is 2.54. The summed E-state index contributed by atoms with van der Waals surface area (Å²) in [4.78, 5) is 19.5. The van der Waals surface area contributed by atoms with Crippen molar-refractivity contribution >= 4 is 23.5 Å². The molecule has 1 fully saturated rings. The first-order valence-corrected chi connectivity index (χ1v) is 10.0. The Balaban J connectivity index is 1.70. The van der Waals surface area contributed by atoms with Crippen molar-refractivity contribution in [1.29, 1.82) is 0 Å². The van der Waals surface area contributed by atoms with Crippen LogP contribution in [0.1, 0.15) is 37.7 Å². The monoisotopic (exact) mass is 395 g/mol. The topological polar surface area (TPSA) is 67.9 Å². The molecule has 2 heterocycles. The number of nitrogens with two attached hydrogens (primary N) is 1. The Morgan fingerprint density at radius 3 is 2.57 bits per heavy atom. The molecule has 1 saturated carbocycles. The summed E-state index contributed by atoms with van der Waals surface area (Å²) in [6.07, 6.45) is 4.63. The van der Waals surface area contributed by atoms with Gasteiger partial charge in [0.2, 0.25) is 0 Å². The second-order valence-electron chi connectivity index (χ2n) is 8.08. The Hall–Kier alpha value is -2.53. The lowest BCUT2D eigenvalue weighted by molar-refractivity contribution is -0.134. The summed E-state index contributed by atoms with van der Waals surface area (Å²) in [5, 5.41) is 0.671. The lowest BCUT2D eigenvalue weighted by atomic mass is 9.75. The molecule has 2 aromatic carbocycles. The maximum Gasteiger partial charge on any atom is 0.261 e. The van der Waals surface area contributed by atoms with Crippen LogP contribution in [0.5, 0.6) is 5.75 Å². The molecule has 2 N–H and O–H groups in total. The lowest BCUT2D eigenvalue weighted by Gasteiger charge is -2.43. The summed E-state index contributed by atoms with van der Waals surface area (Å²) in [5.41, 5.74) is 7.49. The van der Waals surface area contributed by atoms with Crippen LogP contribution < -0.4 is 10.5 Å². The van der Waals surface area contributed by atoms with E-state index in [1.807, 2.05) is 42.5 Å². The smallest absolute Gasteiger partial charge is 0.261 e. The molecule has 1 aliphatic carbocycles. The highest BCUT2D eigenvalue weighted by molar-refractivity contribution is 6.30. The third-order valence-corrected chi connectivity index (χ3v) is 6.54. The van der Waals surface area contributed by atoms with Gasteiger partial charge < -0.3 is 10.5 Å². The summed E-state index contributed by atoms with van der Waals surface area (Å²) < 4.78 is 6.49. The van der Waals surface area contributed by atoms with Crippen molar-refractivity contribution < 1.29 is 9.53 Å². The Kier molecular flexibility index (Phi) is 3.75. The lowest BCUT2D eigenvalue weighted by Crippen LogP contribution is -2.50. The van der Waals surface area contributed by atoms with Gasteiger partial charge in [-0.05, 0) is 61.1 Å². The average Bonchev–Trinajstić information content (AvgIpc) is 3.21. The number of likely N-dealkylation sites (N-methyl/N-ethyl adjacent to an activating group) is 1. The van der Waals surface area contributed by atoms with Gasteiger partial charge in [0.25, 0.3) is 5.91 Å². The second-order valence-corrected chi connectivity index (χ2v) is 8.52. The molecule has 5 nitrogen and oxygen atoms in total. The Labute approximate surface area is 169 Å². The van der Waals surface area contributed by atoms with Gasteiger partial charge in [0, 0.05) is 24.1 Å². The molecule has 2 aliphatic heterocycles. The average molecular weight is 396 g/mol. The second kappa shape index (κ2) is 5.98. The van der Waals surface area contributed by atoms with Gasteiger partial charge in [-0.1, -0.05) is 29.8 Å². The van der Waals surface area contributed by atoms with Crippen molar-refractivity contribution in [3.63, 3.8) is 0 Å². The molecule has 2 spiro atoms. The quantitative estimate of drug-likeness (QED) is 0.790. The van der Waals surface area contributed by atoms with E-state index in [-0.39, 0.29) is 17.5 Å². The molecular weight excluding hydrogens is 374 g/mol. The van der Waals surface area contributed by atoms with E-state index in [0.29, 0.717) is 11.4 Å². The maximum absolute atomic E-state index is 13.4. The Morgan fingerprint density at radius 1 is 1.14 bits per heavy atom. The number of hydrogen-bond acceptors (Lipinski definition) is 4. The minimum absolute atomic E-state index is 0.0796. The predicted molar refractivity (Wildman–Crippen MR) is 109 cm³/mol. The van der Waals surface area contributed by atoms with Crippen LogP contribution in [0.4, 0.5) is 0 Å². The fourth-order valence-corrected chi connectivity index (χ4v) is 5.10. The number of guanidine groups is 1. The van der Waals surface area contributed by atoms with Gasteiger partial charge >= 0.3 is 0 Å². The zero-order chi connectivity index (χ0) is 19.5. The fourth-order valence-electron chi connectivity index (χ4n) is 4.91. The van der Waals surface area contributed by atoms with E-state index in [0.717, 1.165) is 48.1 Å². The van der Waals surface area contributed by atoms with Gasteiger partial charge in [0.05, 0.1) is 0 Å². The number of rotatable bonds is 1. The van der Waals surface area contributed by atoms with Crippen molar-refractivity contribution in [2.24, 2.45) is 10.7 Å². The minimum atomic E-state index is -1.01. The third kappa shape index (κ3) is 2.46. The number of carbonyl (C=O) groups excluding carboxylic acids is 1. The van der Waals surface area contributed by atoms with Crippen LogP contribution in [0.3, 0.4) is 0 Å². The van der Waals surface area contributed by atoms with E-state index in [9.17, 15) is 4.79 Å². The van der Waals surface area contributed by atoms with Crippen LogP contribution in [-0.2, 0) is 10.3 Å². The summed E-state index contributed by atoms with van der Waals surface area (Å²) in [5.74, 6) is 0.919. The van der Waals surface area contributed by atoms with E-state index in [4.69, 9.17) is 27.1 Å². The molecule has 0 aromatic heterocycles. The van der Waals surface area contributed by atoms with E-state index in [1.165, 1.54) is 4.90 Å². The molecule has 1 unspecified atom stereocenters. The van der Waals surface area contributed by atoms with E-state index in [1.54, 1.807) is 7.05 Å². The number of fused-ring (bicyclic) bond motifs is 2. The zero-order valence-electron chi connectivity index (χ0n) is 15.7. The van der Waals surface area contributed by atoms with Gasteiger partial charge in [-0.25, -0.2) is 4.99 Å². The molecule has 0 bridgehead atoms. The van der Waals surface area contributed by atoms with E-state index < -0.39 is 5.54 Å². The Morgan fingerprint density at radius 2 is 1.89 bits per heavy atom. The standard InChI is InChI=1S/C22H22ClN3O2/c1-26-19(27)22(25-20(26)24)13-21(9-2-3-10-21)28-18-8-7-15(12-17(18)22)14-5-4-6-16(23)11-14/h4-8,11-12H,2-3,9-10,13H2,1H3,(H2,24,25). The highest BCUT2D eigenvalue weighted by atomic mass is 35.5. The third-order valence-electron chi connectivity index (χ3n) is 6.31. The van der Waals surface area contributed by atoms with E-state index in [2.05, 4.69) is 0 Å². The first kappa shape index (κ1) is 17.6. The zero-order valence-corrected chi connectivity index (χ0v) is 16.5. The summed E-state index contributed by atoms with van der Waals surface area (Å²) in [6, 6.07) is 13.7. The molecule has 1 amide bonds. The van der Waals surface area contributed by atoms with Crippen LogP contribution in [0.15, 0.2) is 47.5 Å². The molecule has 144 valence electrons. The number of aliphatic imine (C=N–C) groups is 1. The van der Waals surface area contributed by atoms with E-state index >= 15 is 0 Å². The number of amides is 1. The van der Waals surface area contributed by atoms with Gasteiger partial charge in [-0.15, -0.1) is 0 Å². The Bertz CT molecular complexity index is 1010. The number of carbonyl (C=O) groups is 1. The normalized spacial score (nSPS) is 25.1. The molecular formula is C22H22ClN3O2. The SMILES string of the molecule is CN1C(=O)C2(CC3(CCCC3)Oc3ccc(-c4cccc(Cl)c4)cc32)N=C1N. The van der Waals surface area contributed by atoms with Crippen molar-refractivity contribution in [3.8, 4) is 16.9 Å². The number of benzene rings is 2. The van der Waals surface area contributed by atoms with Crippen LogP contribution in [0.25, 0.3) is 11.1 Å². The van der Waals surface area contributed by atoms with Gasteiger partial charge in [0.1, 0.15) is 11.4 Å². The summed E-state index contributed by atoms with van der Waals surface area (Å²) in [6.45, 7) is 0. The van der Waals surface area contributed by atoms with Gasteiger partial charge in [0.15, 0.2) is 11.5 Å². The molecule has 3 aliphatic rings. The number of hydrogen-bond donors (Lipinski definition) is 1. The van der Waals surface area contributed by atoms with Gasteiger partial charge in [-0.2, -0.15) is 0 Å². The van der Waals surface area contributed by atoms with Crippen LogP contribution in [0.2, 0.25) is 5.02 Å². The largest absolute Gasteiger partial charge is 0.487 e. The molecule has 28 heavy (non-hydrogen) atoms. The molecule has 0 saturated heterocycles. The van der Waals surface area contributed by atoms with Crippen LogP contribution >= 0.6 is 11.6 Å². The first-order valence-electron chi connectivity index (χ1n) is 9.66. The predicted octanol–water partition coefficient (Wildman–Crippen LogP) is 4.08. The minimum Gasteiger partial charge on any atom is -0.487 e. The molecule has 6 heteroatoms. The molecule has 0 radical (unpaired) electrons. The van der Waals surface area contributed by atoms with Crippen LogP contribution in [-0.4, -0.2) is 29.4 Å². The van der Waals surface area contributed by atoms with Crippen molar-refractivity contribution in [2.75, 3.05) is 7.05 Å². The van der Waals surface area contributed by atoms with Crippen molar-refractivity contribution in [3.05, 3.63) is 53.1 Å². The fraction of sp³-hybridized carbons (Fsp3) is 0.364. The van der Waals surface area contributed by atoms with Crippen LogP contribution in [0, 0.1) is 0 Å². The first-order chi connectivity index (χ1) is 13.4. The maximum atomic E-state index is 13.4. The molecule has 1 atom stereocenters. The summed E-state index contributed by atoms with van der Waals surface area (Å²) >= 11 is 6.18. The number of halogens is 1. The van der Waals surface area contributed by atoms with Gasteiger partial charge in [-0.3, -0.25) is 9.69 Å².